The highest BCUT2D eigenvalue weighted by atomic mass is 19.1. The number of nitrogens with zero attached hydrogens (tertiary/aromatic N) is 1. The number of carboxylic acid groups (broad SMARTS) is 1. The van der Waals surface area contributed by atoms with E-state index in [2.05, 4.69) is 10.6 Å². The molecule has 0 aliphatic carbocycles. The van der Waals surface area contributed by atoms with E-state index in [1.165, 1.54) is 18.2 Å². The molecule has 3 amide bonds. The van der Waals surface area contributed by atoms with Crippen LogP contribution in [0.3, 0.4) is 0 Å². The molecular formula is C16H20FN3O4. The molecule has 130 valence electrons. The van der Waals surface area contributed by atoms with E-state index in [1.807, 2.05) is 0 Å². The molecule has 3 N–H and O–H groups in total. The molecule has 0 saturated carbocycles. The lowest BCUT2D eigenvalue weighted by atomic mass is 9.96. The number of hydrogen-bond donors (Lipinski definition) is 3. The molecule has 7 nitrogen and oxygen atoms in total. The highest BCUT2D eigenvalue weighted by Gasteiger charge is 2.27. The van der Waals surface area contributed by atoms with Gasteiger partial charge in [0, 0.05) is 31.2 Å². The first-order valence-corrected chi connectivity index (χ1v) is 7.76. The zero-order chi connectivity index (χ0) is 17.5. The highest BCUT2D eigenvalue weighted by molar-refractivity contribution is 5.92. The van der Waals surface area contributed by atoms with E-state index in [0.29, 0.717) is 31.6 Å². The molecule has 24 heavy (non-hydrogen) atoms. The van der Waals surface area contributed by atoms with Gasteiger partial charge in [0.15, 0.2) is 0 Å². The first-order chi connectivity index (χ1) is 11.5. The smallest absolute Gasteiger partial charge is 0.317 e. The van der Waals surface area contributed by atoms with Gasteiger partial charge >= 0.3 is 12.0 Å². The molecule has 8 heteroatoms. The molecule has 1 heterocycles. The van der Waals surface area contributed by atoms with Gasteiger partial charge in [-0.3, -0.25) is 9.59 Å². The summed E-state index contributed by atoms with van der Waals surface area (Å²) < 4.78 is 13.1. The Balaban J connectivity index is 1.76. The van der Waals surface area contributed by atoms with Gasteiger partial charge in [0.2, 0.25) is 5.91 Å². The third-order valence-corrected chi connectivity index (χ3v) is 3.86. The molecule has 0 spiro atoms. The fourth-order valence-corrected chi connectivity index (χ4v) is 2.54. The summed E-state index contributed by atoms with van der Waals surface area (Å²) in [6.07, 6.45) is 0.888. The van der Waals surface area contributed by atoms with Crippen LogP contribution in [0.5, 0.6) is 0 Å². The van der Waals surface area contributed by atoms with E-state index in [1.54, 1.807) is 11.0 Å². The van der Waals surface area contributed by atoms with E-state index in [9.17, 15) is 18.8 Å². The van der Waals surface area contributed by atoms with Crippen LogP contribution >= 0.6 is 0 Å². The predicted octanol–water partition coefficient (Wildman–Crippen LogP) is 1.66. The monoisotopic (exact) mass is 337 g/mol. The van der Waals surface area contributed by atoms with Gasteiger partial charge in [-0.25, -0.2) is 9.18 Å². The summed E-state index contributed by atoms with van der Waals surface area (Å²) in [6, 6.07) is 5.38. The number of likely N-dealkylation sites (tertiary alicyclic amines) is 1. The van der Waals surface area contributed by atoms with Crippen molar-refractivity contribution >= 4 is 23.6 Å². The topological polar surface area (TPSA) is 98.7 Å². The number of carboxylic acids is 1. The average Bonchev–Trinajstić information content (AvgIpc) is 2.54. The van der Waals surface area contributed by atoms with E-state index < -0.39 is 11.8 Å². The molecule has 0 unspecified atom stereocenters. The molecule has 0 aromatic heterocycles. The maximum atomic E-state index is 13.1. The van der Waals surface area contributed by atoms with Crippen LogP contribution in [0.25, 0.3) is 0 Å². The predicted molar refractivity (Wildman–Crippen MR) is 85.0 cm³/mol. The molecular weight excluding hydrogens is 317 g/mol. The number of benzene rings is 1. The Morgan fingerprint density at radius 1 is 1.25 bits per heavy atom. The number of urea groups is 1. The molecule has 1 aromatic carbocycles. The van der Waals surface area contributed by atoms with Crippen molar-refractivity contribution in [1.82, 2.24) is 10.2 Å². The Morgan fingerprint density at radius 2 is 1.96 bits per heavy atom. The van der Waals surface area contributed by atoms with Crippen LogP contribution in [0.2, 0.25) is 0 Å². The summed E-state index contributed by atoms with van der Waals surface area (Å²) >= 11 is 0. The van der Waals surface area contributed by atoms with Crippen molar-refractivity contribution in [2.75, 3.05) is 25.0 Å². The second kappa shape index (κ2) is 8.28. The van der Waals surface area contributed by atoms with Crippen LogP contribution in [-0.4, -0.2) is 47.5 Å². The third-order valence-electron chi connectivity index (χ3n) is 3.86. The zero-order valence-corrected chi connectivity index (χ0v) is 13.1. The fraction of sp³-hybridized carbons (Fsp3) is 0.438. The van der Waals surface area contributed by atoms with Gasteiger partial charge < -0.3 is 20.6 Å². The number of aliphatic carboxylic acids is 1. The van der Waals surface area contributed by atoms with Gasteiger partial charge in [-0.1, -0.05) is 6.07 Å². The van der Waals surface area contributed by atoms with Crippen LogP contribution in [0, 0.1) is 11.7 Å². The summed E-state index contributed by atoms with van der Waals surface area (Å²) in [6.45, 7) is 0.911. The number of anilines is 1. The number of carbonyl (C=O) groups excluding carboxylic acids is 2. The molecule has 0 atom stereocenters. The summed E-state index contributed by atoms with van der Waals surface area (Å²) in [5.41, 5.74) is 0.411. The van der Waals surface area contributed by atoms with Crippen molar-refractivity contribution in [1.29, 1.82) is 0 Å². The van der Waals surface area contributed by atoms with Crippen LogP contribution in [0.1, 0.15) is 19.3 Å². The Hall–Kier alpha value is -2.64. The summed E-state index contributed by atoms with van der Waals surface area (Å²) in [5, 5.41) is 13.8. The number of piperidine rings is 1. The van der Waals surface area contributed by atoms with Gasteiger partial charge in [0.25, 0.3) is 0 Å². The summed E-state index contributed by atoms with van der Waals surface area (Å²) in [5.74, 6) is -1.81. The maximum absolute atomic E-state index is 13.1. The first-order valence-electron chi connectivity index (χ1n) is 7.76. The van der Waals surface area contributed by atoms with E-state index in [0.717, 1.165) is 0 Å². The van der Waals surface area contributed by atoms with Gasteiger partial charge in [-0.2, -0.15) is 0 Å². The van der Waals surface area contributed by atoms with Gasteiger partial charge in [-0.05, 0) is 31.0 Å². The van der Waals surface area contributed by atoms with E-state index >= 15 is 0 Å². The second-order valence-corrected chi connectivity index (χ2v) is 5.64. The van der Waals surface area contributed by atoms with Crippen molar-refractivity contribution in [3.8, 4) is 0 Å². The van der Waals surface area contributed by atoms with Gasteiger partial charge in [0.1, 0.15) is 5.82 Å². The van der Waals surface area contributed by atoms with E-state index in [-0.39, 0.29) is 30.8 Å². The Bertz CT molecular complexity index is 615. The molecule has 2 rings (SSSR count). The Morgan fingerprint density at radius 3 is 2.58 bits per heavy atom. The standard InChI is InChI=1S/C16H20FN3O4/c17-12-2-1-3-13(10-12)19-15(23)11-5-8-20(9-6-11)16(24)18-7-4-14(21)22/h1-3,10-11H,4-9H2,(H,18,24)(H,19,23)(H,21,22). The third kappa shape index (κ3) is 5.22. The van der Waals surface area contributed by atoms with Crippen molar-refractivity contribution < 1.29 is 23.9 Å². The number of rotatable bonds is 5. The molecule has 0 radical (unpaired) electrons. The zero-order valence-electron chi connectivity index (χ0n) is 13.1. The quantitative estimate of drug-likeness (QED) is 0.761. The minimum absolute atomic E-state index is 0.0775. The largest absolute Gasteiger partial charge is 0.481 e. The SMILES string of the molecule is O=C(O)CCNC(=O)N1CCC(C(=O)Nc2cccc(F)c2)CC1. The number of nitrogens with one attached hydrogen (secondary N) is 2. The first kappa shape index (κ1) is 17.7. The van der Waals surface area contributed by atoms with Crippen molar-refractivity contribution in [3.63, 3.8) is 0 Å². The number of halogens is 1. The lowest BCUT2D eigenvalue weighted by Crippen LogP contribution is -2.46. The number of hydrogen-bond acceptors (Lipinski definition) is 3. The second-order valence-electron chi connectivity index (χ2n) is 5.64. The molecule has 1 aromatic rings. The molecule has 1 fully saturated rings. The minimum atomic E-state index is -0.969. The highest BCUT2D eigenvalue weighted by Crippen LogP contribution is 2.20. The van der Waals surface area contributed by atoms with Gasteiger partial charge in [0.05, 0.1) is 6.42 Å². The van der Waals surface area contributed by atoms with Crippen molar-refractivity contribution in [2.45, 2.75) is 19.3 Å². The number of carbonyl (C=O) groups is 3. The lowest BCUT2D eigenvalue weighted by Gasteiger charge is -2.31. The maximum Gasteiger partial charge on any atom is 0.317 e. The Kier molecular flexibility index (Phi) is 6.11. The fourth-order valence-electron chi connectivity index (χ4n) is 2.54. The van der Waals surface area contributed by atoms with E-state index in [4.69, 9.17) is 5.11 Å². The molecule has 1 aliphatic heterocycles. The van der Waals surface area contributed by atoms with Crippen LogP contribution in [-0.2, 0) is 9.59 Å². The Labute approximate surface area is 138 Å². The lowest BCUT2D eigenvalue weighted by molar-refractivity contribution is -0.136. The molecule has 1 aliphatic rings. The van der Waals surface area contributed by atoms with Crippen molar-refractivity contribution in [2.24, 2.45) is 5.92 Å². The summed E-state index contributed by atoms with van der Waals surface area (Å²) in [7, 11) is 0. The van der Waals surface area contributed by atoms with Crippen LogP contribution in [0.15, 0.2) is 24.3 Å². The van der Waals surface area contributed by atoms with Gasteiger partial charge in [-0.15, -0.1) is 0 Å². The minimum Gasteiger partial charge on any atom is -0.481 e. The normalized spacial score (nSPS) is 15.0. The van der Waals surface area contributed by atoms with Crippen LogP contribution < -0.4 is 10.6 Å². The number of amides is 3. The average molecular weight is 337 g/mol. The van der Waals surface area contributed by atoms with Crippen LogP contribution in [0.4, 0.5) is 14.9 Å². The molecule has 0 bridgehead atoms. The summed E-state index contributed by atoms with van der Waals surface area (Å²) in [4.78, 5) is 36.0. The molecule has 1 saturated heterocycles. The van der Waals surface area contributed by atoms with Crippen molar-refractivity contribution in [3.05, 3.63) is 30.1 Å².